The number of ether oxygens (including phenoxy) is 1. The Kier molecular flexibility index (Phi) is 5.53. The summed E-state index contributed by atoms with van der Waals surface area (Å²) >= 11 is 7.70. The molecule has 3 aliphatic heterocycles. The first-order valence-corrected chi connectivity index (χ1v) is 13.5. The van der Waals surface area contributed by atoms with Crippen LogP contribution in [0.3, 0.4) is 0 Å². The maximum atomic E-state index is 16.4. The van der Waals surface area contributed by atoms with Crippen molar-refractivity contribution in [2.24, 2.45) is 0 Å². The van der Waals surface area contributed by atoms with Crippen LogP contribution in [0, 0.1) is 11.6 Å². The molecule has 2 aromatic carbocycles. The number of piperazine rings is 1. The number of nitrogen functional groups attached to an aromatic ring is 1. The van der Waals surface area contributed by atoms with Crippen molar-refractivity contribution in [2.75, 3.05) is 30.3 Å². The third-order valence-electron chi connectivity index (χ3n) is 7.35. The number of nitrogens with two attached hydrogens (primary N) is 1. The van der Waals surface area contributed by atoms with E-state index in [9.17, 15) is 9.18 Å². The Bertz CT molecular complexity index is 1620. The Hall–Kier alpha value is -3.35. The summed E-state index contributed by atoms with van der Waals surface area (Å²) in [6.45, 7) is 1.72. The largest absolute Gasteiger partial charge is 0.458 e. The van der Waals surface area contributed by atoms with Gasteiger partial charge in [0.05, 0.1) is 28.2 Å². The molecule has 3 aliphatic rings. The number of hydrogen-bond donors (Lipinski definition) is 3. The van der Waals surface area contributed by atoms with E-state index in [1.54, 1.807) is 6.07 Å². The summed E-state index contributed by atoms with van der Waals surface area (Å²) in [5.74, 6) is -0.796. The molecule has 3 atom stereocenters. The molecule has 13 heteroatoms. The van der Waals surface area contributed by atoms with Gasteiger partial charge in [0.25, 0.3) is 0 Å². The molecule has 4 aromatic rings. The van der Waals surface area contributed by atoms with Gasteiger partial charge in [0.2, 0.25) is 5.91 Å². The summed E-state index contributed by atoms with van der Waals surface area (Å²) in [6.07, 6.45) is 1.82. The van der Waals surface area contributed by atoms with E-state index < -0.39 is 17.7 Å². The number of aromatic nitrogens is 3. The number of thiazole rings is 1. The predicted octanol–water partition coefficient (Wildman–Crippen LogP) is 3.63. The normalized spacial score (nSPS) is 23.0. The van der Waals surface area contributed by atoms with Crippen LogP contribution in [0.15, 0.2) is 18.2 Å². The molecule has 9 nitrogen and oxygen atoms in total. The Balaban J connectivity index is 1.42. The minimum atomic E-state index is -0.695. The van der Waals surface area contributed by atoms with Crippen LogP contribution < -0.4 is 26.0 Å². The highest BCUT2D eigenvalue weighted by molar-refractivity contribution is 7.22. The second-order valence-corrected chi connectivity index (χ2v) is 11.3. The van der Waals surface area contributed by atoms with Crippen molar-refractivity contribution >= 4 is 60.9 Å². The quantitative estimate of drug-likeness (QED) is 0.348. The van der Waals surface area contributed by atoms with Gasteiger partial charge in [0.1, 0.15) is 23.3 Å². The minimum Gasteiger partial charge on any atom is -0.458 e. The van der Waals surface area contributed by atoms with E-state index in [2.05, 4.69) is 30.5 Å². The highest BCUT2D eigenvalue weighted by atomic mass is 35.5. The summed E-state index contributed by atoms with van der Waals surface area (Å²) in [6, 6.07) is 4.92. The molecule has 0 saturated carbocycles. The number of rotatable bonds is 4. The fourth-order valence-electron chi connectivity index (χ4n) is 5.68. The van der Waals surface area contributed by atoms with Crippen molar-refractivity contribution in [1.29, 1.82) is 0 Å². The average molecular weight is 558 g/mol. The van der Waals surface area contributed by atoms with Crippen molar-refractivity contribution < 1.29 is 18.3 Å². The molecule has 0 radical (unpaired) electrons. The van der Waals surface area contributed by atoms with Crippen molar-refractivity contribution in [3.8, 4) is 17.1 Å². The van der Waals surface area contributed by atoms with Crippen LogP contribution >= 0.6 is 22.9 Å². The van der Waals surface area contributed by atoms with Crippen LogP contribution in [0.1, 0.15) is 19.3 Å². The van der Waals surface area contributed by atoms with Gasteiger partial charge in [-0.3, -0.25) is 4.79 Å². The lowest BCUT2D eigenvalue weighted by Gasteiger charge is -2.34. The van der Waals surface area contributed by atoms with Gasteiger partial charge in [0, 0.05) is 41.7 Å². The molecule has 1 amide bonds. The number of fused-ring (bicyclic) bond motifs is 4. The third kappa shape index (κ3) is 3.89. The fourth-order valence-corrected chi connectivity index (χ4v) is 6.73. The first-order chi connectivity index (χ1) is 18.3. The maximum Gasteiger partial charge on any atom is 0.319 e. The van der Waals surface area contributed by atoms with Gasteiger partial charge in [0.15, 0.2) is 10.9 Å². The average Bonchev–Trinajstić information content (AvgIpc) is 3.58. The molecule has 38 heavy (non-hydrogen) atoms. The smallest absolute Gasteiger partial charge is 0.319 e. The van der Waals surface area contributed by atoms with Crippen molar-refractivity contribution in [2.45, 2.75) is 37.5 Å². The van der Waals surface area contributed by atoms with Gasteiger partial charge in [-0.05, 0) is 31.0 Å². The van der Waals surface area contributed by atoms with Crippen LogP contribution in [0.4, 0.5) is 19.7 Å². The number of hydrogen-bond acceptors (Lipinski definition) is 9. The lowest BCUT2D eigenvalue weighted by molar-refractivity contribution is -0.119. The summed E-state index contributed by atoms with van der Waals surface area (Å²) < 4.78 is 37.1. The Labute approximate surface area is 224 Å². The van der Waals surface area contributed by atoms with E-state index >= 15 is 4.39 Å². The van der Waals surface area contributed by atoms with Crippen molar-refractivity contribution in [1.82, 2.24) is 25.6 Å². The van der Waals surface area contributed by atoms with E-state index in [0.717, 1.165) is 24.2 Å². The molecule has 2 bridgehead atoms. The number of nitrogens with one attached hydrogen (secondary N) is 2. The molecule has 3 unspecified atom stereocenters. The number of amides is 1. The molecular formula is C25H22ClF2N7O2S. The minimum absolute atomic E-state index is 0.0193. The van der Waals surface area contributed by atoms with Gasteiger partial charge >= 0.3 is 6.01 Å². The van der Waals surface area contributed by atoms with E-state index in [1.807, 2.05) is 0 Å². The number of benzene rings is 2. The number of carbonyl (C=O) groups excluding carboxylic acids is 1. The lowest BCUT2D eigenvalue weighted by Crippen LogP contribution is -2.51. The first-order valence-electron chi connectivity index (χ1n) is 12.3. The predicted molar refractivity (Wildman–Crippen MR) is 142 cm³/mol. The van der Waals surface area contributed by atoms with Crippen molar-refractivity contribution in [3.63, 3.8) is 0 Å². The number of nitrogens with zero attached hydrogens (tertiary/aromatic N) is 4. The molecule has 2 aromatic heterocycles. The van der Waals surface area contributed by atoms with Gasteiger partial charge in [-0.2, -0.15) is 9.97 Å². The molecule has 3 saturated heterocycles. The Morgan fingerprint density at radius 2 is 1.92 bits per heavy atom. The van der Waals surface area contributed by atoms with Gasteiger partial charge in [-0.1, -0.05) is 22.9 Å². The monoisotopic (exact) mass is 557 g/mol. The molecule has 5 heterocycles. The van der Waals surface area contributed by atoms with Crippen molar-refractivity contribution in [3.05, 3.63) is 34.9 Å². The van der Waals surface area contributed by atoms with E-state index in [4.69, 9.17) is 22.1 Å². The Morgan fingerprint density at radius 3 is 2.66 bits per heavy atom. The highest BCUT2D eigenvalue weighted by Gasteiger charge is 2.35. The van der Waals surface area contributed by atoms with Crippen LogP contribution in [0.5, 0.6) is 6.01 Å². The van der Waals surface area contributed by atoms with Gasteiger partial charge in [-0.25, -0.2) is 13.8 Å². The summed E-state index contributed by atoms with van der Waals surface area (Å²) in [5.41, 5.74) is 6.46. The van der Waals surface area contributed by atoms with Gasteiger partial charge in [-0.15, -0.1) is 0 Å². The molecule has 4 N–H and O–H groups in total. The number of halogens is 3. The highest BCUT2D eigenvalue weighted by Crippen LogP contribution is 2.43. The second kappa shape index (κ2) is 8.85. The summed E-state index contributed by atoms with van der Waals surface area (Å²) in [4.78, 5) is 27.2. The fraction of sp³-hybridized carbons (Fsp3) is 0.360. The summed E-state index contributed by atoms with van der Waals surface area (Å²) in [7, 11) is 0. The number of anilines is 2. The van der Waals surface area contributed by atoms with Crippen LogP contribution in [-0.2, 0) is 4.79 Å². The zero-order chi connectivity index (χ0) is 26.1. The molecule has 3 fully saturated rings. The van der Waals surface area contributed by atoms with E-state index in [0.29, 0.717) is 48.5 Å². The third-order valence-corrected chi connectivity index (χ3v) is 8.54. The lowest BCUT2D eigenvalue weighted by atomic mass is 10.0. The van der Waals surface area contributed by atoms with Crippen LogP contribution in [0.25, 0.3) is 32.2 Å². The molecule has 0 spiro atoms. The standard InChI is InChI=1S/C25H22ClF2N7O2S/c26-15-6-14-20(19(28)18(15)13-3-4-16(27)22-21(13)32-24(29)38-22)33-25(37-12-5-17(36)30-7-12)34-23(14)35-8-10-1-2-11(9-35)31-10/h3-4,6,10-12,31H,1-2,5,7-9H2,(H2,29,32)(H,30,36). The second-order valence-electron chi connectivity index (χ2n) is 9.89. The molecular weight excluding hydrogens is 536 g/mol. The zero-order valence-electron chi connectivity index (χ0n) is 19.9. The van der Waals surface area contributed by atoms with E-state index in [1.165, 1.54) is 12.1 Å². The van der Waals surface area contributed by atoms with Gasteiger partial charge < -0.3 is 26.0 Å². The molecule has 196 valence electrons. The molecule has 7 rings (SSSR count). The zero-order valence-corrected chi connectivity index (χ0v) is 21.5. The molecule has 0 aliphatic carbocycles. The number of carbonyl (C=O) groups is 1. The van der Waals surface area contributed by atoms with E-state index in [-0.39, 0.29) is 49.8 Å². The summed E-state index contributed by atoms with van der Waals surface area (Å²) in [5, 5.41) is 7.04. The maximum absolute atomic E-state index is 16.4. The Morgan fingerprint density at radius 1 is 1.13 bits per heavy atom. The first kappa shape index (κ1) is 23.7. The SMILES string of the molecule is Nc1nc2c(-c3c(Cl)cc4c(N5CC6CCC(C5)N6)nc(OC5CNC(=O)C5)nc4c3F)ccc(F)c2s1. The van der Waals surface area contributed by atoms with Crippen LogP contribution in [-0.4, -0.2) is 58.7 Å². The van der Waals surface area contributed by atoms with Crippen LogP contribution in [0.2, 0.25) is 5.02 Å². The topological polar surface area (TPSA) is 118 Å².